The summed E-state index contributed by atoms with van der Waals surface area (Å²) in [6.45, 7) is 8.60. The van der Waals surface area contributed by atoms with Crippen LogP contribution in [0.5, 0.6) is 0 Å². The fourth-order valence-corrected chi connectivity index (χ4v) is 5.20. The Morgan fingerprint density at radius 2 is 1.81 bits per heavy atom. The van der Waals surface area contributed by atoms with Crippen molar-refractivity contribution >= 4 is 34.8 Å². The maximum Gasteiger partial charge on any atom is 0.255 e. The summed E-state index contributed by atoms with van der Waals surface area (Å²) < 4.78 is 0. The normalized spacial score (nSPS) is 15.2. The Balaban J connectivity index is 1.35. The van der Waals surface area contributed by atoms with Crippen molar-refractivity contribution in [3.63, 3.8) is 0 Å². The van der Waals surface area contributed by atoms with E-state index >= 15 is 0 Å². The van der Waals surface area contributed by atoms with E-state index in [1.807, 2.05) is 62.4 Å². The average molecular weight is 530 g/mol. The standard InChI is InChI=1S/C28H34Cl2N4O2/c1-3-12-34(28(36)23-17-25(31-20(23)2)21-8-5-4-6-9-21)19-22(35)18-32-13-15-33(16-14-32)26-11-7-10-24(29)27(26)30/h4-11,17,22,31,35H,3,12-16,18-19H2,1-2H3. The van der Waals surface area contributed by atoms with Gasteiger partial charge in [-0.05, 0) is 37.1 Å². The molecule has 2 N–H and O–H groups in total. The number of carbonyl (C=O) groups is 1. The lowest BCUT2D eigenvalue weighted by Gasteiger charge is -2.37. The van der Waals surface area contributed by atoms with Gasteiger partial charge in [-0.3, -0.25) is 9.69 Å². The zero-order chi connectivity index (χ0) is 25.7. The largest absolute Gasteiger partial charge is 0.390 e. The van der Waals surface area contributed by atoms with Crippen LogP contribution < -0.4 is 4.90 Å². The number of amides is 1. The molecule has 4 rings (SSSR count). The first-order valence-corrected chi connectivity index (χ1v) is 13.3. The molecule has 0 aliphatic carbocycles. The van der Waals surface area contributed by atoms with Crippen LogP contribution in [-0.2, 0) is 0 Å². The van der Waals surface area contributed by atoms with Gasteiger partial charge >= 0.3 is 0 Å². The number of carbonyl (C=O) groups excluding carboxylic acids is 1. The van der Waals surface area contributed by atoms with E-state index in [9.17, 15) is 9.90 Å². The summed E-state index contributed by atoms with van der Waals surface area (Å²) in [5.74, 6) is -0.0488. The fraction of sp³-hybridized carbons (Fsp3) is 0.393. The number of benzene rings is 2. The van der Waals surface area contributed by atoms with E-state index in [0.717, 1.165) is 55.2 Å². The number of hydrogen-bond acceptors (Lipinski definition) is 4. The Kier molecular flexibility index (Phi) is 8.96. The van der Waals surface area contributed by atoms with E-state index in [4.69, 9.17) is 23.2 Å². The van der Waals surface area contributed by atoms with E-state index in [2.05, 4.69) is 14.8 Å². The lowest BCUT2D eigenvalue weighted by atomic mass is 10.1. The second-order valence-corrected chi connectivity index (χ2v) is 10.1. The maximum atomic E-state index is 13.4. The van der Waals surface area contributed by atoms with E-state index in [-0.39, 0.29) is 5.91 Å². The number of anilines is 1. The third-order valence-corrected chi connectivity index (χ3v) is 7.46. The molecule has 1 aliphatic heterocycles. The van der Waals surface area contributed by atoms with Gasteiger partial charge in [0.25, 0.3) is 5.91 Å². The lowest BCUT2D eigenvalue weighted by molar-refractivity contribution is 0.0518. The third kappa shape index (κ3) is 6.24. The summed E-state index contributed by atoms with van der Waals surface area (Å²) in [6.07, 6.45) is 0.196. The summed E-state index contributed by atoms with van der Waals surface area (Å²) in [4.78, 5) is 23.0. The van der Waals surface area contributed by atoms with Crippen LogP contribution in [0.2, 0.25) is 10.0 Å². The van der Waals surface area contributed by atoms with E-state index in [0.29, 0.717) is 35.2 Å². The maximum absolute atomic E-state index is 13.4. The third-order valence-electron chi connectivity index (χ3n) is 6.66. The van der Waals surface area contributed by atoms with Gasteiger partial charge < -0.3 is 19.9 Å². The van der Waals surface area contributed by atoms with Gasteiger partial charge in [0.1, 0.15) is 0 Å². The summed E-state index contributed by atoms with van der Waals surface area (Å²) in [7, 11) is 0. The van der Waals surface area contributed by atoms with E-state index < -0.39 is 6.10 Å². The first kappa shape index (κ1) is 26.6. The van der Waals surface area contributed by atoms with Crippen molar-refractivity contribution in [2.24, 2.45) is 0 Å². The number of β-amino-alcohol motifs (C(OH)–C–C–N with tert-alkyl or cyclic N) is 1. The smallest absolute Gasteiger partial charge is 0.255 e. The molecule has 3 aromatic rings. The molecule has 8 heteroatoms. The van der Waals surface area contributed by atoms with Crippen LogP contribution >= 0.6 is 23.2 Å². The number of aliphatic hydroxyl groups excluding tert-OH is 1. The molecule has 36 heavy (non-hydrogen) atoms. The van der Waals surface area contributed by atoms with Gasteiger partial charge in [-0.25, -0.2) is 0 Å². The van der Waals surface area contributed by atoms with Crippen molar-refractivity contribution in [3.8, 4) is 11.3 Å². The first-order chi connectivity index (χ1) is 17.4. The van der Waals surface area contributed by atoms with Gasteiger partial charge in [0.05, 0.1) is 27.4 Å². The van der Waals surface area contributed by atoms with Crippen molar-refractivity contribution in [1.29, 1.82) is 0 Å². The minimum atomic E-state index is -0.630. The molecule has 1 fully saturated rings. The minimum Gasteiger partial charge on any atom is -0.390 e. The fourth-order valence-electron chi connectivity index (χ4n) is 4.79. The molecule has 1 aliphatic rings. The number of nitrogens with one attached hydrogen (secondary N) is 1. The topological polar surface area (TPSA) is 62.8 Å². The Bertz CT molecular complexity index is 1160. The predicted octanol–water partition coefficient (Wildman–Crippen LogP) is 5.33. The molecule has 1 amide bonds. The second-order valence-electron chi connectivity index (χ2n) is 9.35. The number of rotatable bonds is 9. The molecule has 0 saturated carbocycles. The SMILES string of the molecule is CCCN(CC(O)CN1CCN(c2cccc(Cl)c2Cl)CC1)C(=O)c1cc(-c2ccccc2)[nH]c1C. The van der Waals surface area contributed by atoms with Crippen LogP contribution in [0.15, 0.2) is 54.6 Å². The number of H-pyrrole nitrogens is 1. The molecule has 1 saturated heterocycles. The summed E-state index contributed by atoms with van der Waals surface area (Å²) in [6, 6.07) is 17.6. The summed E-state index contributed by atoms with van der Waals surface area (Å²) in [5.41, 5.74) is 4.40. The second kappa shape index (κ2) is 12.2. The van der Waals surface area contributed by atoms with Gasteiger partial charge in [-0.15, -0.1) is 0 Å². The van der Waals surface area contributed by atoms with Crippen molar-refractivity contribution in [2.75, 3.05) is 50.7 Å². The predicted molar refractivity (Wildman–Crippen MR) is 148 cm³/mol. The van der Waals surface area contributed by atoms with Gasteiger partial charge in [0.2, 0.25) is 0 Å². The Labute approximate surface area is 223 Å². The van der Waals surface area contributed by atoms with Gasteiger partial charge in [-0.2, -0.15) is 0 Å². The highest BCUT2D eigenvalue weighted by atomic mass is 35.5. The molecule has 192 valence electrons. The van der Waals surface area contributed by atoms with Crippen molar-refractivity contribution in [3.05, 3.63) is 75.9 Å². The van der Waals surface area contributed by atoms with Crippen LogP contribution in [0.3, 0.4) is 0 Å². The quantitative estimate of drug-likeness (QED) is 0.393. The van der Waals surface area contributed by atoms with Crippen molar-refractivity contribution in [1.82, 2.24) is 14.8 Å². The molecule has 2 aromatic carbocycles. The molecule has 0 spiro atoms. The molecule has 1 atom stereocenters. The molecule has 0 radical (unpaired) electrons. The van der Waals surface area contributed by atoms with Gasteiger partial charge in [0, 0.05) is 57.2 Å². The number of aromatic amines is 1. The minimum absolute atomic E-state index is 0.0488. The van der Waals surface area contributed by atoms with Crippen molar-refractivity contribution < 1.29 is 9.90 Å². The van der Waals surface area contributed by atoms with Crippen LogP contribution in [0.1, 0.15) is 29.4 Å². The Morgan fingerprint density at radius 3 is 2.50 bits per heavy atom. The zero-order valence-electron chi connectivity index (χ0n) is 20.9. The molecule has 2 heterocycles. The average Bonchev–Trinajstić information content (AvgIpc) is 3.27. The van der Waals surface area contributed by atoms with Gasteiger partial charge in [0.15, 0.2) is 0 Å². The molecular formula is C28H34Cl2N4O2. The highest BCUT2D eigenvalue weighted by Gasteiger charge is 2.25. The monoisotopic (exact) mass is 528 g/mol. The number of piperazine rings is 1. The summed E-state index contributed by atoms with van der Waals surface area (Å²) >= 11 is 12.6. The Morgan fingerprint density at radius 1 is 1.08 bits per heavy atom. The molecule has 1 aromatic heterocycles. The number of aryl methyl sites for hydroxylation is 1. The van der Waals surface area contributed by atoms with Crippen molar-refractivity contribution in [2.45, 2.75) is 26.4 Å². The number of aliphatic hydroxyl groups is 1. The van der Waals surface area contributed by atoms with Crippen LogP contribution in [0.4, 0.5) is 5.69 Å². The number of halogens is 2. The number of hydrogen-bond donors (Lipinski definition) is 2. The summed E-state index contributed by atoms with van der Waals surface area (Å²) in [5, 5.41) is 12.1. The number of nitrogens with zero attached hydrogens (tertiary/aromatic N) is 3. The van der Waals surface area contributed by atoms with Gasteiger partial charge in [-0.1, -0.05) is 66.5 Å². The van der Waals surface area contributed by atoms with Crippen LogP contribution in [0.25, 0.3) is 11.3 Å². The zero-order valence-corrected chi connectivity index (χ0v) is 22.4. The van der Waals surface area contributed by atoms with E-state index in [1.54, 1.807) is 11.0 Å². The lowest BCUT2D eigenvalue weighted by Crippen LogP contribution is -2.50. The van der Waals surface area contributed by atoms with Crippen LogP contribution in [0, 0.1) is 6.92 Å². The highest BCUT2D eigenvalue weighted by Crippen LogP contribution is 2.33. The number of aromatic nitrogens is 1. The van der Waals surface area contributed by atoms with E-state index in [1.165, 1.54) is 0 Å². The molecule has 1 unspecified atom stereocenters. The first-order valence-electron chi connectivity index (χ1n) is 12.5. The Hall–Kier alpha value is -2.51. The molecule has 0 bridgehead atoms. The molecular weight excluding hydrogens is 495 g/mol. The highest BCUT2D eigenvalue weighted by molar-refractivity contribution is 6.43. The van der Waals surface area contributed by atoms with Crippen LogP contribution in [-0.4, -0.2) is 77.7 Å². The molecule has 6 nitrogen and oxygen atoms in total.